The summed E-state index contributed by atoms with van der Waals surface area (Å²) in [6, 6.07) is 9.34. The van der Waals surface area contributed by atoms with Crippen LogP contribution in [0.2, 0.25) is 0 Å². The van der Waals surface area contributed by atoms with Crippen LogP contribution in [0, 0.1) is 0 Å². The van der Waals surface area contributed by atoms with Crippen LogP contribution < -0.4 is 11.3 Å². The summed E-state index contributed by atoms with van der Waals surface area (Å²) >= 11 is 1.35. The first-order valence-electron chi connectivity index (χ1n) is 9.39. The molecule has 1 saturated heterocycles. The smallest absolute Gasteiger partial charge is 0.270 e. The van der Waals surface area contributed by atoms with Crippen LogP contribution in [0.1, 0.15) is 23.2 Å². The second kappa shape index (κ2) is 7.73. The Kier molecular flexibility index (Phi) is 5.15. The number of nitrogens with two attached hydrogens (primary N) is 1. The van der Waals surface area contributed by atoms with Gasteiger partial charge in [-0.3, -0.25) is 14.6 Å². The number of hydrogen-bond donors (Lipinski definition) is 2. The fourth-order valence-corrected chi connectivity index (χ4v) is 4.51. The van der Waals surface area contributed by atoms with Crippen LogP contribution in [-0.4, -0.2) is 58.9 Å². The van der Waals surface area contributed by atoms with Gasteiger partial charge in [0.25, 0.3) is 11.5 Å². The second-order valence-corrected chi connectivity index (χ2v) is 8.18. The Morgan fingerprint density at radius 3 is 2.89 bits per heavy atom. The van der Waals surface area contributed by atoms with Gasteiger partial charge in [-0.1, -0.05) is 12.1 Å². The first-order chi connectivity index (χ1) is 13.5. The van der Waals surface area contributed by atoms with Crippen LogP contribution in [0.25, 0.3) is 20.7 Å². The summed E-state index contributed by atoms with van der Waals surface area (Å²) in [5.41, 5.74) is 7.48. The number of hydrogen-bond acceptors (Lipinski definition) is 6. The molecule has 0 radical (unpaired) electrons. The predicted molar refractivity (Wildman–Crippen MR) is 113 cm³/mol. The fraction of sp³-hybridized carbons (Fsp3) is 0.350. The molecule has 1 amide bonds. The molecule has 1 aliphatic heterocycles. The molecule has 7 nitrogen and oxygen atoms in total. The summed E-state index contributed by atoms with van der Waals surface area (Å²) < 4.78 is 0.531. The van der Waals surface area contributed by atoms with E-state index in [0.29, 0.717) is 22.3 Å². The highest BCUT2D eigenvalue weighted by molar-refractivity contribution is 7.22. The summed E-state index contributed by atoms with van der Waals surface area (Å²) in [7, 11) is 1.84. The third kappa shape index (κ3) is 3.79. The zero-order valence-corrected chi connectivity index (χ0v) is 16.6. The van der Waals surface area contributed by atoms with Crippen molar-refractivity contribution in [1.29, 1.82) is 0 Å². The number of aromatic amines is 1. The van der Waals surface area contributed by atoms with E-state index in [2.05, 4.69) is 14.9 Å². The number of likely N-dealkylation sites (N-methyl/N-ethyl adjacent to an activating group) is 1. The number of anilines is 1. The predicted octanol–water partition coefficient (Wildman–Crippen LogP) is 2.40. The van der Waals surface area contributed by atoms with Crippen molar-refractivity contribution in [3.63, 3.8) is 0 Å². The molecule has 2 aromatic heterocycles. The fourth-order valence-electron chi connectivity index (χ4n) is 3.53. The molecule has 146 valence electrons. The molecular weight excluding hydrogens is 374 g/mol. The topological polar surface area (TPSA) is 95.3 Å². The molecule has 0 aliphatic carbocycles. The van der Waals surface area contributed by atoms with E-state index in [4.69, 9.17) is 5.73 Å². The third-order valence-electron chi connectivity index (χ3n) is 5.09. The molecular formula is C20H23N5O2S. The summed E-state index contributed by atoms with van der Waals surface area (Å²) in [6.07, 6.45) is 2.50. The van der Waals surface area contributed by atoms with Crippen molar-refractivity contribution in [3.05, 3.63) is 46.2 Å². The minimum atomic E-state index is -0.243. The number of amides is 1. The van der Waals surface area contributed by atoms with Gasteiger partial charge in [0, 0.05) is 30.6 Å². The van der Waals surface area contributed by atoms with E-state index in [0.717, 1.165) is 30.1 Å². The number of nitrogens with zero attached hydrogens (tertiary/aromatic N) is 3. The van der Waals surface area contributed by atoms with E-state index < -0.39 is 0 Å². The van der Waals surface area contributed by atoms with Crippen LogP contribution in [0.5, 0.6) is 0 Å². The van der Waals surface area contributed by atoms with E-state index in [1.807, 2.05) is 37.4 Å². The summed E-state index contributed by atoms with van der Waals surface area (Å²) in [6.45, 7) is 3.88. The molecule has 3 heterocycles. The number of nitrogen functional groups attached to an aromatic ring is 1. The van der Waals surface area contributed by atoms with Crippen LogP contribution in [0.4, 0.5) is 5.95 Å². The van der Waals surface area contributed by atoms with Gasteiger partial charge in [0.2, 0.25) is 5.95 Å². The van der Waals surface area contributed by atoms with Gasteiger partial charge >= 0.3 is 0 Å². The normalized spacial score (nSPS) is 14.6. The Morgan fingerprint density at radius 1 is 1.32 bits per heavy atom. The number of thiophene rings is 1. The lowest BCUT2D eigenvalue weighted by Gasteiger charge is -2.21. The monoisotopic (exact) mass is 397 g/mol. The third-order valence-corrected chi connectivity index (χ3v) is 6.26. The average molecular weight is 398 g/mol. The molecule has 3 N–H and O–H groups in total. The van der Waals surface area contributed by atoms with E-state index >= 15 is 0 Å². The number of fused-ring (bicyclic) bond motifs is 1. The number of likely N-dealkylation sites (tertiary alicyclic amines) is 1. The molecule has 1 aromatic carbocycles. The van der Waals surface area contributed by atoms with Gasteiger partial charge in [-0.15, -0.1) is 11.3 Å². The summed E-state index contributed by atoms with van der Waals surface area (Å²) in [5, 5.41) is 0. The van der Waals surface area contributed by atoms with E-state index in [1.165, 1.54) is 24.2 Å². The SMILES string of the molecule is CN(CCN1CCCC1)C(=O)c1cccc(-c2cc3nc(N)[nH]c(=O)c3s2)c1. The van der Waals surface area contributed by atoms with Crippen LogP contribution in [-0.2, 0) is 0 Å². The summed E-state index contributed by atoms with van der Waals surface area (Å²) in [4.78, 5) is 36.6. The Morgan fingerprint density at radius 2 is 2.11 bits per heavy atom. The Bertz CT molecular complexity index is 1070. The molecule has 3 aromatic rings. The minimum Gasteiger partial charge on any atom is -0.369 e. The maximum absolute atomic E-state index is 12.8. The first kappa shape index (κ1) is 18.6. The second-order valence-electron chi connectivity index (χ2n) is 7.13. The van der Waals surface area contributed by atoms with E-state index in [-0.39, 0.29) is 17.4 Å². The lowest BCUT2D eigenvalue weighted by Crippen LogP contribution is -2.35. The zero-order valence-electron chi connectivity index (χ0n) is 15.8. The standard InChI is InChI=1S/C20H23N5O2S/c1-24(9-10-25-7-2-3-8-25)19(27)14-6-4-5-13(11-14)16-12-15-17(28-16)18(26)23-20(21)22-15/h4-6,11-12H,2-3,7-10H2,1H3,(H3,21,22,23,26). The van der Waals surface area contributed by atoms with E-state index in [9.17, 15) is 9.59 Å². The quantitative estimate of drug-likeness (QED) is 0.689. The molecule has 1 aliphatic rings. The van der Waals surface area contributed by atoms with Crippen molar-refractivity contribution in [1.82, 2.24) is 19.8 Å². The molecule has 8 heteroatoms. The average Bonchev–Trinajstić information content (AvgIpc) is 3.35. The zero-order chi connectivity index (χ0) is 19.7. The van der Waals surface area contributed by atoms with Crippen molar-refractivity contribution < 1.29 is 4.79 Å². The van der Waals surface area contributed by atoms with Gasteiger partial charge in [-0.2, -0.15) is 0 Å². The van der Waals surface area contributed by atoms with Crippen molar-refractivity contribution in [3.8, 4) is 10.4 Å². The molecule has 28 heavy (non-hydrogen) atoms. The molecule has 0 atom stereocenters. The van der Waals surface area contributed by atoms with Gasteiger partial charge < -0.3 is 15.5 Å². The number of benzene rings is 1. The van der Waals surface area contributed by atoms with Crippen molar-refractivity contribution in [2.75, 3.05) is 39.0 Å². The minimum absolute atomic E-state index is 0.00220. The highest BCUT2D eigenvalue weighted by Gasteiger charge is 2.17. The van der Waals surface area contributed by atoms with Gasteiger partial charge in [-0.25, -0.2) is 4.98 Å². The van der Waals surface area contributed by atoms with Crippen LogP contribution in [0.3, 0.4) is 0 Å². The van der Waals surface area contributed by atoms with Crippen molar-refractivity contribution in [2.24, 2.45) is 0 Å². The molecule has 4 rings (SSSR count). The van der Waals surface area contributed by atoms with Gasteiger partial charge in [0.15, 0.2) is 0 Å². The molecule has 0 unspecified atom stereocenters. The molecule has 0 spiro atoms. The molecule has 0 saturated carbocycles. The lowest BCUT2D eigenvalue weighted by molar-refractivity contribution is 0.0782. The van der Waals surface area contributed by atoms with E-state index in [1.54, 1.807) is 4.90 Å². The lowest BCUT2D eigenvalue weighted by atomic mass is 10.1. The Balaban J connectivity index is 1.54. The first-order valence-corrected chi connectivity index (χ1v) is 10.2. The number of H-pyrrole nitrogens is 1. The van der Waals surface area contributed by atoms with Crippen molar-refractivity contribution in [2.45, 2.75) is 12.8 Å². The Labute approximate surface area is 166 Å². The highest BCUT2D eigenvalue weighted by Crippen LogP contribution is 2.31. The number of carbonyl (C=O) groups is 1. The summed E-state index contributed by atoms with van der Waals surface area (Å²) in [5.74, 6) is 0.104. The maximum Gasteiger partial charge on any atom is 0.270 e. The van der Waals surface area contributed by atoms with Crippen LogP contribution >= 0.6 is 11.3 Å². The Hall–Kier alpha value is -2.71. The van der Waals surface area contributed by atoms with Gasteiger partial charge in [0.1, 0.15) is 4.70 Å². The maximum atomic E-state index is 12.8. The number of rotatable bonds is 5. The van der Waals surface area contributed by atoms with Crippen molar-refractivity contribution >= 4 is 33.4 Å². The number of aromatic nitrogens is 2. The molecule has 0 bridgehead atoms. The van der Waals surface area contributed by atoms with Gasteiger partial charge in [0.05, 0.1) is 5.52 Å². The van der Waals surface area contributed by atoms with Crippen LogP contribution in [0.15, 0.2) is 35.1 Å². The number of carbonyl (C=O) groups excluding carboxylic acids is 1. The number of nitrogens with one attached hydrogen (secondary N) is 1. The van der Waals surface area contributed by atoms with Gasteiger partial charge in [-0.05, 0) is 49.7 Å². The molecule has 1 fully saturated rings. The largest absolute Gasteiger partial charge is 0.369 e. The highest BCUT2D eigenvalue weighted by atomic mass is 32.1.